The van der Waals surface area contributed by atoms with Crippen molar-refractivity contribution in [2.75, 3.05) is 7.11 Å². The average molecular weight is 274 g/mol. The largest absolute Gasteiger partial charge is 0.491 e. The second-order valence-corrected chi connectivity index (χ2v) is 3.92. The molecule has 0 atom stereocenters. The zero-order valence-corrected chi connectivity index (χ0v) is 10.7. The Hall–Kier alpha value is -1.70. The van der Waals surface area contributed by atoms with E-state index in [0.717, 1.165) is 26.4 Å². The lowest BCUT2D eigenvalue weighted by Gasteiger charge is -2.07. The second-order valence-electron chi connectivity index (χ2n) is 3.92. The fourth-order valence-corrected chi connectivity index (χ4v) is 1.51. The normalized spacial score (nSPS) is 10.0. The van der Waals surface area contributed by atoms with Gasteiger partial charge in [0, 0.05) is 6.42 Å². The molecule has 0 fully saturated rings. The highest BCUT2D eigenvalue weighted by atomic mass is 19.2. The van der Waals surface area contributed by atoms with Crippen LogP contribution in [0, 0.1) is 35.1 Å². The van der Waals surface area contributed by atoms with Gasteiger partial charge in [-0.15, -0.1) is 0 Å². The minimum absolute atomic E-state index is 0.419. The standard InChI is InChI=1S/C14H14F4O/c1-3-4-5-6-7-8-9-10(15)12(17)14(19-2)13(18)11(9)16/h3-6H2,1-2H3. The van der Waals surface area contributed by atoms with Gasteiger partial charge in [-0.05, 0) is 6.42 Å². The molecule has 0 bridgehead atoms. The van der Waals surface area contributed by atoms with Crippen molar-refractivity contribution >= 4 is 0 Å². The first-order valence-electron chi connectivity index (χ1n) is 5.93. The SMILES string of the molecule is CCCCCC#Cc1c(F)c(F)c(OC)c(F)c1F. The molecule has 0 aromatic heterocycles. The molecule has 0 aliphatic heterocycles. The molecule has 1 aromatic rings. The number of ether oxygens (including phenoxy) is 1. The summed E-state index contributed by atoms with van der Waals surface area (Å²) in [5.41, 5.74) is -0.896. The summed E-state index contributed by atoms with van der Waals surface area (Å²) in [6.07, 6.45) is 3.11. The molecule has 0 aliphatic carbocycles. The lowest BCUT2D eigenvalue weighted by molar-refractivity contribution is 0.331. The van der Waals surface area contributed by atoms with E-state index in [9.17, 15) is 17.6 Å². The van der Waals surface area contributed by atoms with E-state index in [0.29, 0.717) is 6.42 Å². The Morgan fingerprint density at radius 3 is 2.00 bits per heavy atom. The van der Waals surface area contributed by atoms with Gasteiger partial charge in [0.25, 0.3) is 0 Å². The summed E-state index contributed by atoms with van der Waals surface area (Å²) in [7, 11) is 0.927. The summed E-state index contributed by atoms with van der Waals surface area (Å²) in [6.45, 7) is 2.00. The van der Waals surface area contributed by atoms with Crippen molar-refractivity contribution in [3.8, 4) is 17.6 Å². The topological polar surface area (TPSA) is 9.23 Å². The van der Waals surface area contributed by atoms with Crippen LogP contribution in [0.1, 0.15) is 38.2 Å². The number of halogens is 4. The molecule has 1 aromatic carbocycles. The van der Waals surface area contributed by atoms with Crippen LogP contribution in [-0.4, -0.2) is 7.11 Å². The van der Waals surface area contributed by atoms with Crippen LogP contribution in [-0.2, 0) is 0 Å². The lowest BCUT2D eigenvalue weighted by atomic mass is 10.1. The van der Waals surface area contributed by atoms with E-state index >= 15 is 0 Å². The van der Waals surface area contributed by atoms with Crippen LogP contribution in [0.2, 0.25) is 0 Å². The first kappa shape index (κ1) is 15.4. The number of rotatable bonds is 4. The third kappa shape index (κ3) is 3.40. The number of hydrogen-bond donors (Lipinski definition) is 0. The molecule has 0 amide bonds. The molecule has 19 heavy (non-hydrogen) atoms. The quantitative estimate of drug-likeness (QED) is 0.346. The van der Waals surface area contributed by atoms with Gasteiger partial charge in [0.2, 0.25) is 11.6 Å². The minimum atomic E-state index is -1.57. The Bertz CT molecular complexity index is 485. The molecule has 1 nitrogen and oxygen atoms in total. The molecule has 0 saturated heterocycles. The zero-order valence-electron chi connectivity index (χ0n) is 10.7. The molecule has 1 rings (SSSR count). The monoisotopic (exact) mass is 274 g/mol. The van der Waals surface area contributed by atoms with Gasteiger partial charge in [-0.1, -0.05) is 31.6 Å². The Morgan fingerprint density at radius 2 is 1.53 bits per heavy atom. The van der Waals surface area contributed by atoms with Crippen molar-refractivity contribution in [3.63, 3.8) is 0 Å². The Labute approximate surface area is 109 Å². The second kappa shape index (κ2) is 7.03. The molecule has 0 N–H and O–H groups in total. The van der Waals surface area contributed by atoms with Crippen LogP contribution in [0.15, 0.2) is 0 Å². The number of benzene rings is 1. The predicted molar refractivity (Wildman–Crippen MR) is 63.8 cm³/mol. The highest BCUT2D eigenvalue weighted by Gasteiger charge is 2.25. The van der Waals surface area contributed by atoms with Crippen molar-refractivity contribution in [1.29, 1.82) is 0 Å². The van der Waals surface area contributed by atoms with Gasteiger partial charge >= 0.3 is 0 Å². The van der Waals surface area contributed by atoms with Gasteiger partial charge < -0.3 is 4.74 Å². The third-order valence-corrected chi connectivity index (χ3v) is 2.55. The molecule has 5 heteroatoms. The molecule has 104 valence electrons. The van der Waals surface area contributed by atoms with Crippen LogP contribution in [0.5, 0.6) is 5.75 Å². The average Bonchev–Trinajstić information content (AvgIpc) is 2.40. The molecule has 0 aliphatic rings. The van der Waals surface area contributed by atoms with Crippen LogP contribution < -0.4 is 4.74 Å². The zero-order chi connectivity index (χ0) is 14.4. The first-order chi connectivity index (χ1) is 9.04. The van der Waals surface area contributed by atoms with Crippen molar-refractivity contribution in [1.82, 2.24) is 0 Å². The van der Waals surface area contributed by atoms with E-state index in [4.69, 9.17) is 0 Å². The minimum Gasteiger partial charge on any atom is -0.491 e. The van der Waals surface area contributed by atoms with Crippen LogP contribution in [0.25, 0.3) is 0 Å². The van der Waals surface area contributed by atoms with E-state index in [1.165, 1.54) is 0 Å². The number of methoxy groups -OCH3 is 1. The molecule has 0 unspecified atom stereocenters. The Balaban J connectivity index is 3.08. The summed E-state index contributed by atoms with van der Waals surface area (Å²) in [5.74, 6) is -2.63. The fraction of sp³-hybridized carbons (Fsp3) is 0.429. The maximum absolute atomic E-state index is 13.5. The van der Waals surface area contributed by atoms with Gasteiger partial charge in [0.05, 0.1) is 7.11 Å². The van der Waals surface area contributed by atoms with Crippen molar-refractivity contribution in [3.05, 3.63) is 28.8 Å². The summed E-state index contributed by atoms with van der Waals surface area (Å²) in [4.78, 5) is 0. The Kier molecular flexibility index (Phi) is 5.68. The summed E-state index contributed by atoms with van der Waals surface area (Å²) in [6, 6.07) is 0. The van der Waals surface area contributed by atoms with E-state index in [-0.39, 0.29) is 0 Å². The molecule has 0 heterocycles. The molecular weight excluding hydrogens is 260 g/mol. The van der Waals surface area contributed by atoms with E-state index in [2.05, 4.69) is 16.6 Å². The van der Waals surface area contributed by atoms with Crippen molar-refractivity contribution in [2.45, 2.75) is 32.6 Å². The van der Waals surface area contributed by atoms with Gasteiger partial charge in [-0.25, -0.2) is 8.78 Å². The summed E-state index contributed by atoms with van der Waals surface area (Å²) < 4.78 is 58.0. The number of hydrogen-bond acceptors (Lipinski definition) is 1. The van der Waals surface area contributed by atoms with E-state index in [1.807, 2.05) is 6.92 Å². The lowest BCUT2D eigenvalue weighted by Crippen LogP contribution is -2.04. The van der Waals surface area contributed by atoms with E-state index in [1.54, 1.807) is 0 Å². The molecular formula is C14H14F4O. The Morgan fingerprint density at radius 1 is 0.947 bits per heavy atom. The van der Waals surface area contributed by atoms with E-state index < -0.39 is 34.6 Å². The van der Waals surface area contributed by atoms with Gasteiger partial charge in [0.1, 0.15) is 5.56 Å². The maximum Gasteiger partial charge on any atom is 0.205 e. The maximum atomic E-state index is 13.5. The van der Waals surface area contributed by atoms with Crippen molar-refractivity contribution < 1.29 is 22.3 Å². The molecule has 0 spiro atoms. The highest BCUT2D eigenvalue weighted by molar-refractivity contribution is 5.43. The highest BCUT2D eigenvalue weighted by Crippen LogP contribution is 2.29. The molecule has 0 saturated carbocycles. The smallest absolute Gasteiger partial charge is 0.205 e. The van der Waals surface area contributed by atoms with Gasteiger partial charge in [0.15, 0.2) is 17.4 Å². The van der Waals surface area contributed by atoms with Crippen LogP contribution in [0.4, 0.5) is 17.6 Å². The first-order valence-corrected chi connectivity index (χ1v) is 5.93. The fourth-order valence-electron chi connectivity index (χ4n) is 1.51. The van der Waals surface area contributed by atoms with Crippen molar-refractivity contribution in [2.24, 2.45) is 0 Å². The summed E-state index contributed by atoms with van der Waals surface area (Å²) >= 11 is 0. The predicted octanol–water partition coefficient (Wildman–Crippen LogP) is 4.18. The number of unbranched alkanes of at least 4 members (excludes halogenated alkanes) is 3. The van der Waals surface area contributed by atoms with Gasteiger partial charge in [-0.2, -0.15) is 8.78 Å². The van der Waals surface area contributed by atoms with Gasteiger partial charge in [-0.3, -0.25) is 0 Å². The van der Waals surface area contributed by atoms with Crippen LogP contribution >= 0.6 is 0 Å². The molecule has 0 radical (unpaired) electrons. The van der Waals surface area contributed by atoms with Crippen LogP contribution in [0.3, 0.4) is 0 Å². The summed E-state index contributed by atoms with van der Waals surface area (Å²) in [5, 5.41) is 0. The third-order valence-electron chi connectivity index (χ3n) is 2.55.